The van der Waals surface area contributed by atoms with Gasteiger partial charge in [0.05, 0.1) is 11.4 Å². The van der Waals surface area contributed by atoms with Crippen molar-refractivity contribution in [2.75, 3.05) is 11.1 Å². The van der Waals surface area contributed by atoms with Crippen molar-refractivity contribution in [1.29, 1.82) is 0 Å². The van der Waals surface area contributed by atoms with Crippen molar-refractivity contribution in [2.45, 2.75) is 6.92 Å². The predicted molar refractivity (Wildman–Crippen MR) is 75.0 cm³/mol. The number of carbonyl (C=O) groups excluding carboxylic acids is 1. The molecule has 2 aromatic rings. The van der Waals surface area contributed by atoms with E-state index < -0.39 is 0 Å². The quantitative estimate of drug-likeness (QED) is 0.812. The molecular formula is C14H13ClN2O. The fourth-order valence-corrected chi connectivity index (χ4v) is 1.79. The molecule has 4 heteroatoms. The van der Waals surface area contributed by atoms with E-state index in [1.807, 2.05) is 25.1 Å². The van der Waals surface area contributed by atoms with Crippen molar-refractivity contribution >= 4 is 28.9 Å². The number of hydrogen-bond acceptors (Lipinski definition) is 2. The van der Waals surface area contributed by atoms with E-state index in [0.29, 0.717) is 22.0 Å². The molecule has 0 bridgehead atoms. The van der Waals surface area contributed by atoms with Gasteiger partial charge in [0.15, 0.2) is 0 Å². The molecule has 0 aromatic heterocycles. The lowest BCUT2D eigenvalue weighted by molar-refractivity contribution is 0.102. The minimum absolute atomic E-state index is 0.201. The van der Waals surface area contributed by atoms with Gasteiger partial charge in [0.2, 0.25) is 0 Å². The lowest BCUT2D eigenvalue weighted by Gasteiger charge is -2.09. The number of halogens is 1. The monoisotopic (exact) mass is 260 g/mol. The maximum absolute atomic E-state index is 12.0. The number of nitrogen functional groups attached to an aromatic ring is 1. The van der Waals surface area contributed by atoms with Gasteiger partial charge in [-0.05, 0) is 37.3 Å². The van der Waals surface area contributed by atoms with Gasteiger partial charge in [-0.3, -0.25) is 4.79 Å². The Kier molecular flexibility index (Phi) is 3.53. The van der Waals surface area contributed by atoms with Crippen molar-refractivity contribution in [3.8, 4) is 0 Å². The largest absolute Gasteiger partial charge is 0.397 e. The molecule has 0 aliphatic carbocycles. The fraction of sp³-hybridized carbons (Fsp3) is 0.0714. The van der Waals surface area contributed by atoms with Crippen LogP contribution in [0.15, 0.2) is 42.5 Å². The molecule has 2 rings (SSSR count). The zero-order valence-corrected chi connectivity index (χ0v) is 10.7. The molecule has 0 saturated carbocycles. The number of nitrogens with one attached hydrogen (secondary N) is 1. The number of amides is 1. The lowest BCUT2D eigenvalue weighted by atomic mass is 10.1. The molecule has 1 amide bonds. The third kappa shape index (κ3) is 2.81. The second-order valence-electron chi connectivity index (χ2n) is 4.06. The highest BCUT2D eigenvalue weighted by atomic mass is 35.5. The first-order valence-electron chi connectivity index (χ1n) is 5.49. The van der Waals surface area contributed by atoms with Crippen molar-refractivity contribution in [2.24, 2.45) is 0 Å². The zero-order valence-electron chi connectivity index (χ0n) is 9.91. The maximum atomic E-state index is 12.0. The molecule has 0 atom stereocenters. The second-order valence-corrected chi connectivity index (χ2v) is 4.49. The molecule has 0 spiro atoms. The van der Waals surface area contributed by atoms with Gasteiger partial charge >= 0.3 is 0 Å². The van der Waals surface area contributed by atoms with Crippen LogP contribution in [0.3, 0.4) is 0 Å². The molecule has 18 heavy (non-hydrogen) atoms. The molecule has 0 saturated heterocycles. The van der Waals surface area contributed by atoms with Gasteiger partial charge in [-0.2, -0.15) is 0 Å². The Bertz CT molecular complexity index is 596. The van der Waals surface area contributed by atoms with E-state index >= 15 is 0 Å². The van der Waals surface area contributed by atoms with Crippen LogP contribution in [0.25, 0.3) is 0 Å². The number of nitrogens with two attached hydrogens (primary N) is 1. The standard InChI is InChI=1S/C14H13ClN2O/c1-9-3-2-4-10(7-9)14(18)17-13-8-11(15)5-6-12(13)16/h2-8H,16H2,1H3,(H,17,18). The molecule has 0 heterocycles. The number of hydrogen-bond donors (Lipinski definition) is 2. The summed E-state index contributed by atoms with van der Waals surface area (Å²) in [6.07, 6.45) is 0. The van der Waals surface area contributed by atoms with Crippen LogP contribution in [0.1, 0.15) is 15.9 Å². The molecular weight excluding hydrogens is 248 g/mol. The van der Waals surface area contributed by atoms with Gasteiger partial charge in [-0.1, -0.05) is 29.3 Å². The normalized spacial score (nSPS) is 10.1. The third-order valence-corrected chi connectivity index (χ3v) is 2.78. The van der Waals surface area contributed by atoms with Gasteiger partial charge < -0.3 is 11.1 Å². The molecule has 3 N–H and O–H groups in total. The summed E-state index contributed by atoms with van der Waals surface area (Å²) in [7, 11) is 0. The smallest absolute Gasteiger partial charge is 0.255 e. The van der Waals surface area contributed by atoms with Gasteiger partial charge in [0, 0.05) is 10.6 Å². The van der Waals surface area contributed by atoms with Crippen molar-refractivity contribution in [3.05, 3.63) is 58.6 Å². The van der Waals surface area contributed by atoms with E-state index in [-0.39, 0.29) is 5.91 Å². The molecule has 92 valence electrons. The summed E-state index contributed by atoms with van der Waals surface area (Å²) in [6, 6.07) is 12.3. The van der Waals surface area contributed by atoms with Crippen LogP contribution in [0, 0.1) is 6.92 Å². The van der Waals surface area contributed by atoms with Crippen molar-refractivity contribution < 1.29 is 4.79 Å². The summed E-state index contributed by atoms with van der Waals surface area (Å²) >= 11 is 5.86. The number of aryl methyl sites for hydroxylation is 1. The molecule has 0 radical (unpaired) electrons. The Hall–Kier alpha value is -2.00. The number of benzene rings is 2. The highest BCUT2D eigenvalue weighted by Crippen LogP contribution is 2.23. The van der Waals surface area contributed by atoms with Crippen LogP contribution in [0.2, 0.25) is 5.02 Å². The Labute approximate surface area is 111 Å². The van der Waals surface area contributed by atoms with Crippen LogP contribution < -0.4 is 11.1 Å². The van der Waals surface area contributed by atoms with E-state index in [1.165, 1.54) is 0 Å². The first-order valence-corrected chi connectivity index (χ1v) is 5.87. The average molecular weight is 261 g/mol. The number of anilines is 2. The minimum atomic E-state index is -0.201. The van der Waals surface area contributed by atoms with Crippen LogP contribution in [-0.4, -0.2) is 5.91 Å². The summed E-state index contributed by atoms with van der Waals surface area (Å²) in [5.41, 5.74) is 8.40. The summed E-state index contributed by atoms with van der Waals surface area (Å²) < 4.78 is 0. The Morgan fingerprint density at radius 3 is 2.72 bits per heavy atom. The van der Waals surface area contributed by atoms with Crippen molar-refractivity contribution in [1.82, 2.24) is 0 Å². The summed E-state index contributed by atoms with van der Waals surface area (Å²) in [5, 5.41) is 3.28. The summed E-state index contributed by atoms with van der Waals surface area (Å²) in [5.74, 6) is -0.201. The maximum Gasteiger partial charge on any atom is 0.255 e. The second kappa shape index (κ2) is 5.10. The van der Waals surface area contributed by atoms with Crippen LogP contribution >= 0.6 is 11.6 Å². The Balaban J connectivity index is 2.24. The lowest BCUT2D eigenvalue weighted by Crippen LogP contribution is -2.13. The van der Waals surface area contributed by atoms with E-state index in [9.17, 15) is 4.79 Å². The first kappa shape index (κ1) is 12.5. The van der Waals surface area contributed by atoms with E-state index in [0.717, 1.165) is 5.56 Å². The average Bonchev–Trinajstić information content (AvgIpc) is 2.34. The van der Waals surface area contributed by atoms with E-state index in [2.05, 4.69) is 5.32 Å². The van der Waals surface area contributed by atoms with Crippen LogP contribution in [-0.2, 0) is 0 Å². The fourth-order valence-electron chi connectivity index (χ4n) is 1.62. The van der Waals surface area contributed by atoms with Crippen molar-refractivity contribution in [3.63, 3.8) is 0 Å². The van der Waals surface area contributed by atoms with Crippen LogP contribution in [0.5, 0.6) is 0 Å². The van der Waals surface area contributed by atoms with Gasteiger partial charge in [0.1, 0.15) is 0 Å². The molecule has 0 unspecified atom stereocenters. The Morgan fingerprint density at radius 2 is 2.00 bits per heavy atom. The van der Waals surface area contributed by atoms with Crippen LogP contribution in [0.4, 0.5) is 11.4 Å². The highest BCUT2D eigenvalue weighted by molar-refractivity contribution is 6.31. The molecule has 0 fully saturated rings. The summed E-state index contributed by atoms with van der Waals surface area (Å²) in [4.78, 5) is 12.0. The highest BCUT2D eigenvalue weighted by Gasteiger charge is 2.08. The zero-order chi connectivity index (χ0) is 13.1. The predicted octanol–water partition coefficient (Wildman–Crippen LogP) is 3.48. The molecule has 0 aliphatic heterocycles. The number of rotatable bonds is 2. The first-order chi connectivity index (χ1) is 8.56. The molecule has 2 aromatic carbocycles. The number of carbonyl (C=O) groups is 1. The SMILES string of the molecule is Cc1cccc(C(=O)Nc2cc(Cl)ccc2N)c1. The Morgan fingerprint density at radius 1 is 1.22 bits per heavy atom. The molecule has 3 nitrogen and oxygen atoms in total. The topological polar surface area (TPSA) is 55.1 Å². The molecule has 0 aliphatic rings. The van der Waals surface area contributed by atoms with E-state index in [1.54, 1.807) is 24.3 Å². The van der Waals surface area contributed by atoms with E-state index in [4.69, 9.17) is 17.3 Å². The minimum Gasteiger partial charge on any atom is -0.397 e. The van der Waals surface area contributed by atoms with Gasteiger partial charge in [-0.15, -0.1) is 0 Å². The van der Waals surface area contributed by atoms with Gasteiger partial charge in [0.25, 0.3) is 5.91 Å². The summed E-state index contributed by atoms with van der Waals surface area (Å²) in [6.45, 7) is 1.94. The third-order valence-electron chi connectivity index (χ3n) is 2.54. The van der Waals surface area contributed by atoms with Gasteiger partial charge in [-0.25, -0.2) is 0 Å².